The van der Waals surface area contributed by atoms with Crippen molar-refractivity contribution < 1.29 is 0 Å². The molecule has 0 spiro atoms. The van der Waals surface area contributed by atoms with Crippen molar-refractivity contribution in [1.82, 2.24) is 9.88 Å². The maximum Gasteiger partial charge on any atom is 0.0223 e. The lowest BCUT2D eigenvalue weighted by molar-refractivity contribution is 0.238. The minimum absolute atomic E-state index is 0.359. The molecule has 0 radical (unpaired) electrons. The maximum atomic E-state index is 3.59. The fourth-order valence-electron chi connectivity index (χ4n) is 1.84. The second kappa shape index (κ2) is 5.26. The van der Waals surface area contributed by atoms with Crippen LogP contribution in [-0.2, 0) is 13.6 Å². The zero-order valence-corrected chi connectivity index (χ0v) is 12.5. The van der Waals surface area contributed by atoms with Crippen molar-refractivity contribution in [2.75, 3.05) is 6.54 Å². The van der Waals surface area contributed by atoms with Gasteiger partial charge in [0.1, 0.15) is 0 Å². The lowest BCUT2D eigenvalue weighted by Gasteiger charge is -2.29. The van der Waals surface area contributed by atoms with Crippen LogP contribution in [0.5, 0.6) is 0 Å². The van der Waals surface area contributed by atoms with Gasteiger partial charge in [0.05, 0.1) is 0 Å². The number of hydrogen-bond acceptors (Lipinski definition) is 1. The van der Waals surface area contributed by atoms with Gasteiger partial charge in [0.2, 0.25) is 0 Å². The molecule has 2 nitrogen and oxygen atoms in total. The molecule has 0 bridgehead atoms. The van der Waals surface area contributed by atoms with E-state index in [0.29, 0.717) is 11.3 Å². The van der Waals surface area contributed by atoms with E-state index in [1.54, 1.807) is 0 Å². The van der Waals surface area contributed by atoms with Crippen molar-refractivity contribution in [3.05, 3.63) is 23.0 Å². The van der Waals surface area contributed by atoms with Crippen LogP contribution < -0.4 is 5.32 Å². The minimum Gasteiger partial charge on any atom is -0.352 e. The molecule has 0 aliphatic rings. The van der Waals surface area contributed by atoms with Crippen molar-refractivity contribution >= 4 is 0 Å². The summed E-state index contributed by atoms with van der Waals surface area (Å²) in [5, 5.41) is 3.59. The normalized spacial score (nSPS) is 12.5. The van der Waals surface area contributed by atoms with E-state index < -0.39 is 0 Å². The van der Waals surface area contributed by atoms with E-state index in [2.05, 4.69) is 64.5 Å². The summed E-state index contributed by atoms with van der Waals surface area (Å²) in [5.41, 5.74) is 4.49. The number of nitrogens with one attached hydrogen (secondary N) is 1. The molecule has 2 heteroatoms. The van der Waals surface area contributed by atoms with Crippen molar-refractivity contribution in [3.8, 4) is 0 Å². The lowest BCUT2D eigenvalue weighted by Crippen LogP contribution is -2.33. The van der Waals surface area contributed by atoms with Gasteiger partial charge in [-0.05, 0) is 36.8 Å². The molecule has 0 fully saturated rings. The Bertz CT molecular complexity index is 373. The zero-order chi connectivity index (χ0) is 13.2. The number of nitrogens with zero attached hydrogens (tertiary/aromatic N) is 1. The molecule has 0 atom stereocenters. The molecular weight excluding hydrogens is 208 g/mol. The highest BCUT2D eigenvalue weighted by Gasteiger charge is 2.21. The number of rotatable bonds is 5. The second-order valence-electron chi connectivity index (χ2n) is 6.20. The van der Waals surface area contributed by atoms with Crippen LogP contribution in [0.25, 0.3) is 0 Å². The first-order valence-corrected chi connectivity index (χ1v) is 6.58. The monoisotopic (exact) mass is 236 g/mol. The SMILES string of the molecule is Cc1cc(CNCC(C)(C)C(C)C)c(C)n1C. The van der Waals surface area contributed by atoms with Gasteiger partial charge in [-0.25, -0.2) is 0 Å². The standard InChI is InChI=1S/C15H28N2/c1-11(2)15(5,6)10-16-9-14-8-12(3)17(7)13(14)4/h8,11,16H,9-10H2,1-7H3. The molecule has 0 amide bonds. The number of aryl methyl sites for hydroxylation is 1. The largest absolute Gasteiger partial charge is 0.352 e. The first kappa shape index (κ1) is 14.3. The van der Waals surface area contributed by atoms with Crippen LogP contribution in [0.15, 0.2) is 6.07 Å². The zero-order valence-electron chi connectivity index (χ0n) is 12.5. The molecule has 1 rings (SSSR count). The van der Waals surface area contributed by atoms with Gasteiger partial charge in [-0.1, -0.05) is 27.7 Å². The van der Waals surface area contributed by atoms with Gasteiger partial charge in [-0.2, -0.15) is 0 Å². The Labute approximate surface area is 106 Å². The van der Waals surface area contributed by atoms with Crippen LogP contribution in [0.1, 0.15) is 44.6 Å². The molecule has 1 aromatic rings. The Hall–Kier alpha value is -0.760. The molecule has 0 saturated carbocycles. The van der Waals surface area contributed by atoms with Crippen LogP contribution >= 0.6 is 0 Å². The third kappa shape index (κ3) is 3.35. The van der Waals surface area contributed by atoms with E-state index in [9.17, 15) is 0 Å². The number of hydrogen-bond donors (Lipinski definition) is 1. The average Bonchev–Trinajstić information content (AvgIpc) is 2.46. The van der Waals surface area contributed by atoms with Gasteiger partial charge < -0.3 is 9.88 Å². The molecule has 0 unspecified atom stereocenters. The van der Waals surface area contributed by atoms with E-state index in [4.69, 9.17) is 0 Å². The van der Waals surface area contributed by atoms with Gasteiger partial charge in [0, 0.05) is 31.5 Å². The van der Waals surface area contributed by atoms with Crippen molar-refractivity contribution in [2.45, 2.75) is 48.1 Å². The first-order valence-electron chi connectivity index (χ1n) is 6.58. The Kier molecular flexibility index (Phi) is 4.42. The van der Waals surface area contributed by atoms with Crippen LogP contribution in [0, 0.1) is 25.2 Å². The molecule has 0 aliphatic heterocycles. The van der Waals surface area contributed by atoms with Crippen molar-refractivity contribution in [1.29, 1.82) is 0 Å². The lowest BCUT2D eigenvalue weighted by atomic mass is 9.81. The summed E-state index contributed by atoms with van der Waals surface area (Å²) in [5.74, 6) is 0.702. The molecule has 0 aliphatic carbocycles. The summed E-state index contributed by atoms with van der Waals surface area (Å²) in [6, 6.07) is 2.28. The topological polar surface area (TPSA) is 17.0 Å². The van der Waals surface area contributed by atoms with E-state index in [1.165, 1.54) is 17.0 Å². The summed E-state index contributed by atoms with van der Waals surface area (Å²) in [7, 11) is 2.13. The van der Waals surface area contributed by atoms with E-state index in [-0.39, 0.29) is 0 Å². The fraction of sp³-hybridized carbons (Fsp3) is 0.733. The van der Waals surface area contributed by atoms with Gasteiger partial charge in [-0.3, -0.25) is 0 Å². The quantitative estimate of drug-likeness (QED) is 0.829. The van der Waals surface area contributed by atoms with Crippen LogP contribution in [-0.4, -0.2) is 11.1 Å². The van der Waals surface area contributed by atoms with Crippen LogP contribution in [0.3, 0.4) is 0 Å². The smallest absolute Gasteiger partial charge is 0.0223 e. The molecule has 1 heterocycles. The Morgan fingerprint density at radius 1 is 1.29 bits per heavy atom. The maximum absolute atomic E-state index is 3.59. The summed E-state index contributed by atoms with van der Waals surface area (Å²) in [4.78, 5) is 0. The number of aromatic nitrogens is 1. The van der Waals surface area contributed by atoms with Gasteiger partial charge in [0.25, 0.3) is 0 Å². The Morgan fingerprint density at radius 3 is 2.29 bits per heavy atom. The van der Waals surface area contributed by atoms with E-state index in [1.807, 2.05) is 0 Å². The predicted octanol–water partition coefficient (Wildman–Crippen LogP) is 3.41. The third-order valence-corrected chi connectivity index (χ3v) is 4.34. The summed E-state index contributed by atoms with van der Waals surface area (Å²) in [6.45, 7) is 15.6. The van der Waals surface area contributed by atoms with E-state index >= 15 is 0 Å². The molecule has 17 heavy (non-hydrogen) atoms. The summed E-state index contributed by atoms with van der Waals surface area (Å²) in [6.07, 6.45) is 0. The first-order chi connectivity index (χ1) is 7.75. The molecule has 1 N–H and O–H groups in total. The van der Waals surface area contributed by atoms with E-state index in [0.717, 1.165) is 13.1 Å². The second-order valence-corrected chi connectivity index (χ2v) is 6.20. The van der Waals surface area contributed by atoms with Gasteiger partial charge in [-0.15, -0.1) is 0 Å². The highest BCUT2D eigenvalue weighted by atomic mass is 15.0. The molecule has 0 saturated heterocycles. The van der Waals surface area contributed by atoms with Gasteiger partial charge >= 0.3 is 0 Å². The Balaban J connectivity index is 2.55. The van der Waals surface area contributed by atoms with Crippen LogP contribution in [0.2, 0.25) is 0 Å². The molecule has 0 aromatic carbocycles. The summed E-state index contributed by atoms with van der Waals surface area (Å²) < 4.78 is 2.25. The van der Waals surface area contributed by atoms with Gasteiger partial charge in [0.15, 0.2) is 0 Å². The molecular formula is C15H28N2. The van der Waals surface area contributed by atoms with Crippen molar-refractivity contribution in [2.24, 2.45) is 18.4 Å². The van der Waals surface area contributed by atoms with Crippen molar-refractivity contribution in [3.63, 3.8) is 0 Å². The average molecular weight is 236 g/mol. The minimum atomic E-state index is 0.359. The highest BCUT2D eigenvalue weighted by molar-refractivity contribution is 5.26. The predicted molar refractivity (Wildman–Crippen MR) is 75.2 cm³/mol. The summed E-state index contributed by atoms with van der Waals surface area (Å²) >= 11 is 0. The fourth-order valence-corrected chi connectivity index (χ4v) is 1.84. The van der Waals surface area contributed by atoms with Crippen LogP contribution in [0.4, 0.5) is 0 Å². The third-order valence-electron chi connectivity index (χ3n) is 4.34. The molecule has 1 aromatic heterocycles. The Morgan fingerprint density at radius 2 is 1.88 bits per heavy atom. The molecule has 98 valence electrons. The highest BCUT2D eigenvalue weighted by Crippen LogP contribution is 2.25.